The number of carbonyl (C=O) groups excluding carboxylic acids is 1. The van der Waals surface area contributed by atoms with Gasteiger partial charge in [0.2, 0.25) is 10.0 Å². The van der Waals surface area contributed by atoms with Crippen LogP contribution in [0.25, 0.3) is 11.1 Å². The van der Waals surface area contributed by atoms with E-state index in [4.69, 9.17) is 0 Å². The van der Waals surface area contributed by atoms with Gasteiger partial charge in [-0.3, -0.25) is 4.79 Å². The van der Waals surface area contributed by atoms with Crippen molar-refractivity contribution in [3.8, 4) is 11.1 Å². The Bertz CT molecular complexity index is 1180. The van der Waals surface area contributed by atoms with Crippen molar-refractivity contribution in [2.24, 2.45) is 0 Å². The van der Waals surface area contributed by atoms with Gasteiger partial charge in [0.15, 0.2) is 0 Å². The molecule has 1 aliphatic heterocycles. The number of rotatable bonds is 7. The SMILES string of the molecule is CCS(=O)(=O)N[C@@H]1[C@H](Cc2cccc(-c3cccc(C)c3)c2F)N(C(=O)C(C)(C)O)CC1(F)F. The highest BCUT2D eigenvalue weighted by Gasteiger charge is 2.58. The maximum Gasteiger partial charge on any atom is 0.283 e. The number of aryl methyl sites for hydroxylation is 1. The molecule has 2 aromatic rings. The molecule has 1 saturated heterocycles. The molecular weight excluding hydrogens is 469 g/mol. The molecule has 6 nitrogen and oxygen atoms in total. The number of nitrogens with zero attached hydrogens (tertiary/aromatic N) is 1. The van der Waals surface area contributed by atoms with E-state index in [1.807, 2.05) is 17.7 Å². The smallest absolute Gasteiger partial charge is 0.283 e. The topological polar surface area (TPSA) is 86.7 Å². The number of sulfonamides is 1. The minimum absolute atomic E-state index is 0.0518. The number of halogens is 3. The second kappa shape index (κ2) is 9.31. The lowest BCUT2D eigenvalue weighted by Crippen LogP contribution is -2.54. The average molecular weight is 499 g/mol. The number of hydrogen-bond donors (Lipinski definition) is 2. The molecule has 0 spiro atoms. The molecule has 1 heterocycles. The first kappa shape index (κ1) is 26.2. The molecule has 0 saturated carbocycles. The minimum atomic E-state index is -4.07. The third-order valence-electron chi connectivity index (χ3n) is 5.93. The molecule has 0 unspecified atom stereocenters. The maximum absolute atomic E-state index is 15.6. The fraction of sp³-hybridized carbons (Fsp3) is 0.458. The maximum atomic E-state index is 15.6. The standard InChI is InChI=1S/C24H29F3N2O4S/c1-5-34(32,33)28-21-19(29(14-24(21,26)27)22(30)23(3,4)31)13-17-10-7-11-18(20(17)25)16-9-6-8-15(2)12-16/h6-12,19,21,28,31H,5,13-14H2,1-4H3/t19-,21+/m0/s1. The number of nitrogens with one attached hydrogen (secondary N) is 1. The number of likely N-dealkylation sites (tertiary alicyclic amines) is 1. The third kappa shape index (κ3) is 5.45. The number of benzene rings is 2. The zero-order valence-electron chi connectivity index (χ0n) is 19.5. The summed E-state index contributed by atoms with van der Waals surface area (Å²) in [6.07, 6.45) is -0.375. The van der Waals surface area contributed by atoms with Gasteiger partial charge >= 0.3 is 0 Å². The van der Waals surface area contributed by atoms with E-state index < -0.39 is 57.7 Å². The fourth-order valence-electron chi connectivity index (χ4n) is 4.15. The summed E-state index contributed by atoms with van der Waals surface area (Å²) >= 11 is 0. The van der Waals surface area contributed by atoms with E-state index in [0.717, 1.165) is 24.3 Å². The Morgan fingerprint density at radius 1 is 1.24 bits per heavy atom. The number of carbonyl (C=O) groups is 1. The van der Waals surface area contributed by atoms with Crippen LogP contribution in [0.1, 0.15) is 31.9 Å². The molecule has 10 heteroatoms. The predicted molar refractivity (Wildman–Crippen MR) is 123 cm³/mol. The predicted octanol–water partition coefficient (Wildman–Crippen LogP) is 3.27. The highest BCUT2D eigenvalue weighted by atomic mass is 32.2. The fourth-order valence-corrected chi connectivity index (χ4v) is 5.03. The number of amides is 1. The summed E-state index contributed by atoms with van der Waals surface area (Å²) in [5.74, 6) is -5.71. The van der Waals surface area contributed by atoms with E-state index in [9.17, 15) is 18.3 Å². The van der Waals surface area contributed by atoms with Gasteiger partial charge in [0.25, 0.3) is 11.8 Å². The highest BCUT2D eigenvalue weighted by molar-refractivity contribution is 7.89. The number of hydrogen-bond acceptors (Lipinski definition) is 4. The summed E-state index contributed by atoms with van der Waals surface area (Å²) in [6, 6.07) is 8.30. The van der Waals surface area contributed by atoms with Crippen molar-refractivity contribution < 1.29 is 31.5 Å². The van der Waals surface area contributed by atoms with Crippen LogP contribution in [-0.4, -0.2) is 60.2 Å². The first-order valence-corrected chi connectivity index (χ1v) is 12.6. The summed E-state index contributed by atoms with van der Waals surface area (Å²) in [4.78, 5) is 13.6. The van der Waals surface area contributed by atoms with Gasteiger partial charge in [-0.05, 0) is 45.2 Å². The van der Waals surface area contributed by atoms with Crippen molar-refractivity contribution in [1.82, 2.24) is 9.62 Å². The Morgan fingerprint density at radius 2 is 1.88 bits per heavy atom. The van der Waals surface area contributed by atoms with Crippen molar-refractivity contribution in [3.05, 3.63) is 59.4 Å². The molecule has 0 aliphatic carbocycles. The highest BCUT2D eigenvalue weighted by Crippen LogP contribution is 2.37. The van der Waals surface area contributed by atoms with Gasteiger partial charge in [0, 0.05) is 5.56 Å². The van der Waals surface area contributed by atoms with Gasteiger partial charge in [0.1, 0.15) is 17.5 Å². The lowest BCUT2D eigenvalue weighted by atomic mass is 9.94. The van der Waals surface area contributed by atoms with E-state index in [2.05, 4.69) is 0 Å². The van der Waals surface area contributed by atoms with E-state index in [1.165, 1.54) is 13.0 Å². The van der Waals surface area contributed by atoms with Crippen LogP contribution in [0.5, 0.6) is 0 Å². The normalized spacial score (nSPS) is 20.5. The van der Waals surface area contributed by atoms with Crippen LogP contribution in [0, 0.1) is 12.7 Å². The minimum Gasteiger partial charge on any atom is -0.381 e. The van der Waals surface area contributed by atoms with Gasteiger partial charge in [-0.25, -0.2) is 26.3 Å². The zero-order valence-corrected chi connectivity index (χ0v) is 20.3. The Labute approximate surface area is 197 Å². The Morgan fingerprint density at radius 3 is 2.47 bits per heavy atom. The molecule has 3 rings (SSSR count). The van der Waals surface area contributed by atoms with Crippen LogP contribution in [0.3, 0.4) is 0 Å². The van der Waals surface area contributed by atoms with Crippen LogP contribution in [0.4, 0.5) is 13.2 Å². The number of alkyl halides is 2. The Balaban J connectivity index is 2.07. The lowest BCUT2D eigenvalue weighted by molar-refractivity contribution is -0.149. The molecule has 2 N–H and O–H groups in total. The van der Waals surface area contributed by atoms with Gasteiger partial charge in [0.05, 0.1) is 18.3 Å². The van der Waals surface area contributed by atoms with Crippen molar-refractivity contribution >= 4 is 15.9 Å². The second-order valence-corrected chi connectivity index (χ2v) is 11.2. The quantitative estimate of drug-likeness (QED) is 0.614. The molecule has 0 radical (unpaired) electrons. The van der Waals surface area contributed by atoms with E-state index in [-0.39, 0.29) is 17.5 Å². The van der Waals surface area contributed by atoms with Crippen molar-refractivity contribution in [2.45, 2.75) is 57.7 Å². The van der Waals surface area contributed by atoms with Crippen molar-refractivity contribution in [3.63, 3.8) is 0 Å². The van der Waals surface area contributed by atoms with Gasteiger partial charge in [-0.1, -0.05) is 48.0 Å². The first-order valence-electron chi connectivity index (χ1n) is 10.9. The Hall–Kier alpha value is -2.43. The Kier molecular flexibility index (Phi) is 7.17. The molecule has 1 fully saturated rings. The number of aliphatic hydroxyl groups is 1. The molecule has 34 heavy (non-hydrogen) atoms. The van der Waals surface area contributed by atoms with Gasteiger partial charge < -0.3 is 10.0 Å². The van der Waals surface area contributed by atoms with Crippen LogP contribution in [0.15, 0.2) is 42.5 Å². The third-order valence-corrected chi connectivity index (χ3v) is 7.30. The molecule has 0 aromatic heterocycles. The van der Waals surface area contributed by atoms with Gasteiger partial charge in [-0.15, -0.1) is 0 Å². The van der Waals surface area contributed by atoms with E-state index >= 15 is 13.2 Å². The van der Waals surface area contributed by atoms with Gasteiger partial charge in [-0.2, -0.15) is 0 Å². The molecular formula is C24H29F3N2O4S. The van der Waals surface area contributed by atoms with Crippen molar-refractivity contribution in [1.29, 1.82) is 0 Å². The largest absolute Gasteiger partial charge is 0.381 e. The van der Waals surface area contributed by atoms with Crippen LogP contribution in [-0.2, 0) is 21.2 Å². The summed E-state index contributed by atoms with van der Waals surface area (Å²) in [7, 11) is -4.07. The zero-order chi connectivity index (χ0) is 25.5. The summed E-state index contributed by atoms with van der Waals surface area (Å²) in [5, 5.41) is 10.2. The summed E-state index contributed by atoms with van der Waals surface area (Å²) < 4.78 is 72.0. The monoisotopic (exact) mass is 498 g/mol. The van der Waals surface area contributed by atoms with E-state index in [1.54, 1.807) is 30.3 Å². The summed E-state index contributed by atoms with van der Waals surface area (Å²) in [6.45, 7) is 4.38. The first-order chi connectivity index (χ1) is 15.7. The second-order valence-electron chi connectivity index (χ2n) is 9.17. The van der Waals surface area contributed by atoms with Crippen LogP contribution >= 0.6 is 0 Å². The molecule has 2 aromatic carbocycles. The molecule has 1 aliphatic rings. The molecule has 1 amide bonds. The van der Waals surface area contributed by atoms with Crippen LogP contribution in [0.2, 0.25) is 0 Å². The lowest BCUT2D eigenvalue weighted by Gasteiger charge is -2.32. The average Bonchev–Trinajstić information content (AvgIpc) is 2.98. The van der Waals surface area contributed by atoms with Crippen molar-refractivity contribution in [2.75, 3.05) is 12.3 Å². The molecule has 2 atom stereocenters. The van der Waals surface area contributed by atoms with Crippen LogP contribution < -0.4 is 4.72 Å². The molecule has 0 bridgehead atoms. The van der Waals surface area contributed by atoms with E-state index in [0.29, 0.717) is 5.56 Å². The molecule has 186 valence electrons. The summed E-state index contributed by atoms with van der Waals surface area (Å²) in [5.41, 5.74) is -0.153.